The molecule has 0 fully saturated rings. The fraction of sp³-hybridized carbons (Fsp3) is 0.875. The van der Waals surface area contributed by atoms with Gasteiger partial charge >= 0.3 is 6.03 Å². The number of methoxy groups -OCH3 is 1. The minimum absolute atomic E-state index is 0.471. The molecule has 5 nitrogen and oxygen atoms in total. The number of urea groups is 1. The lowest BCUT2D eigenvalue weighted by Crippen LogP contribution is -2.35. The molecule has 0 unspecified atom stereocenters. The maximum atomic E-state index is 10.2. The van der Waals surface area contributed by atoms with Crippen LogP contribution in [0.2, 0.25) is 0 Å². The lowest BCUT2D eigenvalue weighted by Gasteiger charge is -2.04. The zero-order valence-corrected chi connectivity index (χ0v) is 8.14. The van der Waals surface area contributed by atoms with Crippen LogP contribution >= 0.6 is 0 Å². The van der Waals surface area contributed by atoms with Crippen molar-refractivity contribution in [3.63, 3.8) is 0 Å². The van der Waals surface area contributed by atoms with Gasteiger partial charge in [0, 0.05) is 26.8 Å². The maximum absolute atomic E-state index is 10.2. The number of nitrogens with two attached hydrogens (primary N) is 1. The van der Waals surface area contributed by atoms with Crippen molar-refractivity contribution in [1.29, 1.82) is 0 Å². The number of unbranched alkanes of at least 4 members (excludes halogenated alkanes) is 1. The van der Waals surface area contributed by atoms with E-state index in [9.17, 15) is 4.79 Å². The highest BCUT2D eigenvalue weighted by Crippen LogP contribution is 1.85. The molecule has 13 heavy (non-hydrogen) atoms. The Morgan fingerprint density at radius 2 is 2.08 bits per heavy atom. The Hall–Kier alpha value is -0.810. The van der Waals surface area contributed by atoms with E-state index in [0.29, 0.717) is 6.54 Å². The minimum atomic E-state index is -0.471. The Kier molecular flexibility index (Phi) is 8.70. The molecule has 5 heteroatoms. The lowest BCUT2D eigenvalue weighted by molar-refractivity contribution is 0.192. The molecule has 0 saturated heterocycles. The highest BCUT2D eigenvalue weighted by Gasteiger charge is 1.90. The lowest BCUT2D eigenvalue weighted by atomic mass is 10.3. The number of amides is 2. The number of nitrogens with one attached hydrogen (secondary N) is 2. The fourth-order valence-corrected chi connectivity index (χ4v) is 0.895. The van der Waals surface area contributed by atoms with Gasteiger partial charge in [-0.15, -0.1) is 0 Å². The van der Waals surface area contributed by atoms with Gasteiger partial charge in [0.1, 0.15) is 0 Å². The second kappa shape index (κ2) is 9.28. The number of carbonyl (C=O) groups is 1. The summed E-state index contributed by atoms with van der Waals surface area (Å²) < 4.78 is 4.90. The van der Waals surface area contributed by atoms with Gasteiger partial charge < -0.3 is 21.1 Å². The first-order chi connectivity index (χ1) is 6.27. The number of hydrogen-bond acceptors (Lipinski definition) is 3. The molecule has 0 aliphatic heterocycles. The number of ether oxygens (including phenoxy) is 1. The predicted molar refractivity (Wildman–Crippen MR) is 51.6 cm³/mol. The van der Waals surface area contributed by atoms with Crippen molar-refractivity contribution in [2.75, 3.05) is 33.4 Å². The fourth-order valence-electron chi connectivity index (χ4n) is 0.895. The van der Waals surface area contributed by atoms with Crippen LogP contribution in [0.25, 0.3) is 0 Å². The van der Waals surface area contributed by atoms with E-state index in [-0.39, 0.29) is 0 Å². The smallest absolute Gasteiger partial charge is 0.312 e. The molecule has 0 aromatic carbocycles. The van der Waals surface area contributed by atoms with E-state index in [2.05, 4.69) is 10.6 Å². The normalized spacial score (nSPS) is 9.92. The first-order valence-corrected chi connectivity index (χ1v) is 4.50. The van der Waals surface area contributed by atoms with E-state index in [4.69, 9.17) is 10.5 Å². The Balaban J connectivity index is 2.87. The van der Waals surface area contributed by atoms with Gasteiger partial charge in [-0.05, 0) is 19.4 Å². The monoisotopic (exact) mass is 189 g/mol. The molecule has 0 atom stereocenters. The molecule has 0 saturated carbocycles. The minimum Gasteiger partial charge on any atom is -0.385 e. The summed E-state index contributed by atoms with van der Waals surface area (Å²) in [5.74, 6) is 0. The maximum Gasteiger partial charge on any atom is 0.312 e. The van der Waals surface area contributed by atoms with Gasteiger partial charge in [0.15, 0.2) is 0 Å². The number of primary amides is 1. The van der Waals surface area contributed by atoms with Crippen molar-refractivity contribution >= 4 is 6.03 Å². The SMILES string of the molecule is COCCCCNCCNC(N)=O. The highest BCUT2D eigenvalue weighted by atomic mass is 16.5. The van der Waals surface area contributed by atoms with Gasteiger partial charge in [-0.2, -0.15) is 0 Å². The van der Waals surface area contributed by atoms with E-state index in [1.807, 2.05) is 0 Å². The molecule has 78 valence electrons. The third kappa shape index (κ3) is 11.2. The summed E-state index contributed by atoms with van der Waals surface area (Å²) >= 11 is 0. The van der Waals surface area contributed by atoms with Crippen molar-refractivity contribution in [2.45, 2.75) is 12.8 Å². The van der Waals surface area contributed by atoms with Crippen molar-refractivity contribution in [2.24, 2.45) is 5.73 Å². The third-order valence-electron chi connectivity index (χ3n) is 1.55. The van der Waals surface area contributed by atoms with Crippen LogP contribution in [0.15, 0.2) is 0 Å². The Morgan fingerprint density at radius 3 is 2.69 bits per heavy atom. The number of hydrogen-bond donors (Lipinski definition) is 3. The molecule has 0 heterocycles. The van der Waals surface area contributed by atoms with Gasteiger partial charge in [0.05, 0.1) is 0 Å². The van der Waals surface area contributed by atoms with Crippen molar-refractivity contribution in [1.82, 2.24) is 10.6 Å². The predicted octanol–water partition coefficient (Wildman–Crippen LogP) is -0.329. The van der Waals surface area contributed by atoms with Gasteiger partial charge in [-0.3, -0.25) is 0 Å². The molecule has 0 aliphatic carbocycles. The van der Waals surface area contributed by atoms with Crippen LogP contribution in [0.1, 0.15) is 12.8 Å². The van der Waals surface area contributed by atoms with E-state index < -0.39 is 6.03 Å². The molecular weight excluding hydrogens is 170 g/mol. The standard InChI is InChI=1S/C8H19N3O2/c1-13-7-3-2-4-10-5-6-11-8(9)12/h10H,2-7H2,1H3,(H3,9,11,12). The second-order valence-electron chi connectivity index (χ2n) is 2.74. The second-order valence-corrected chi connectivity index (χ2v) is 2.74. The van der Waals surface area contributed by atoms with Gasteiger partial charge in [-0.25, -0.2) is 4.79 Å². The van der Waals surface area contributed by atoms with Crippen LogP contribution in [-0.4, -0.2) is 39.4 Å². The summed E-state index contributed by atoms with van der Waals surface area (Å²) in [6.07, 6.45) is 2.15. The highest BCUT2D eigenvalue weighted by molar-refractivity contribution is 5.71. The molecule has 0 aliphatic rings. The summed E-state index contributed by atoms with van der Waals surface area (Å²) in [4.78, 5) is 10.2. The molecule has 0 aromatic rings. The van der Waals surface area contributed by atoms with E-state index in [0.717, 1.165) is 32.5 Å². The van der Waals surface area contributed by atoms with Crippen LogP contribution in [0.4, 0.5) is 4.79 Å². The molecule has 0 bridgehead atoms. The first kappa shape index (κ1) is 12.2. The largest absolute Gasteiger partial charge is 0.385 e. The summed E-state index contributed by atoms with van der Waals surface area (Å²) in [5, 5.41) is 5.67. The molecule has 0 aromatic heterocycles. The van der Waals surface area contributed by atoms with E-state index in [1.165, 1.54) is 0 Å². The zero-order valence-electron chi connectivity index (χ0n) is 8.14. The van der Waals surface area contributed by atoms with Crippen LogP contribution < -0.4 is 16.4 Å². The average Bonchev–Trinajstić information content (AvgIpc) is 2.09. The van der Waals surface area contributed by atoms with Gasteiger partial charge in [-0.1, -0.05) is 0 Å². The Labute approximate surface area is 79.0 Å². The number of rotatable bonds is 8. The summed E-state index contributed by atoms with van der Waals surface area (Å²) in [5.41, 5.74) is 4.88. The van der Waals surface area contributed by atoms with Crippen LogP contribution in [-0.2, 0) is 4.74 Å². The van der Waals surface area contributed by atoms with Crippen molar-refractivity contribution < 1.29 is 9.53 Å². The van der Waals surface area contributed by atoms with Gasteiger partial charge in [0.25, 0.3) is 0 Å². The quantitative estimate of drug-likeness (QED) is 0.458. The molecule has 4 N–H and O–H groups in total. The summed E-state index contributed by atoms with van der Waals surface area (Å²) in [6.45, 7) is 3.10. The van der Waals surface area contributed by atoms with E-state index in [1.54, 1.807) is 7.11 Å². The third-order valence-corrected chi connectivity index (χ3v) is 1.55. The molecule has 0 radical (unpaired) electrons. The Morgan fingerprint density at radius 1 is 1.31 bits per heavy atom. The molecular formula is C8H19N3O2. The van der Waals surface area contributed by atoms with Crippen LogP contribution in [0, 0.1) is 0 Å². The number of carbonyl (C=O) groups excluding carboxylic acids is 1. The summed E-state index contributed by atoms with van der Waals surface area (Å²) in [6, 6.07) is -0.471. The topological polar surface area (TPSA) is 76.4 Å². The van der Waals surface area contributed by atoms with Crippen LogP contribution in [0.5, 0.6) is 0 Å². The van der Waals surface area contributed by atoms with Crippen LogP contribution in [0.3, 0.4) is 0 Å². The molecule has 0 rings (SSSR count). The first-order valence-electron chi connectivity index (χ1n) is 4.50. The van der Waals surface area contributed by atoms with Crippen molar-refractivity contribution in [3.8, 4) is 0 Å². The van der Waals surface area contributed by atoms with Crippen molar-refractivity contribution in [3.05, 3.63) is 0 Å². The van der Waals surface area contributed by atoms with E-state index >= 15 is 0 Å². The van der Waals surface area contributed by atoms with Gasteiger partial charge in [0.2, 0.25) is 0 Å². The summed E-state index contributed by atoms with van der Waals surface area (Å²) in [7, 11) is 1.70. The molecule has 2 amide bonds. The zero-order chi connectivity index (χ0) is 9.94. The average molecular weight is 189 g/mol. The molecule has 0 spiro atoms. The Bertz CT molecular complexity index is 131.